The van der Waals surface area contributed by atoms with Gasteiger partial charge in [-0.15, -0.1) is 0 Å². The summed E-state index contributed by atoms with van der Waals surface area (Å²) in [6, 6.07) is 8.64. The van der Waals surface area contributed by atoms with Crippen LogP contribution in [0.4, 0.5) is 0 Å². The van der Waals surface area contributed by atoms with Crippen LogP contribution in [-0.4, -0.2) is 13.6 Å². The number of hydrogen-bond acceptors (Lipinski definition) is 1. The van der Waals surface area contributed by atoms with Gasteiger partial charge in [-0.3, -0.25) is 0 Å². The maximum absolute atomic E-state index is 3.53. The minimum Gasteiger partial charge on any atom is -0.319 e. The van der Waals surface area contributed by atoms with E-state index in [0.717, 1.165) is 18.4 Å². The van der Waals surface area contributed by atoms with E-state index in [1.807, 2.05) is 7.05 Å². The highest BCUT2D eigenvalue weighted by Gasteiger charge is 2.11. The zero-order valence-electron chi connectivity index (χ0n) is 10.5. The molecule has 1 N–H and O–H groups in total. The Hall–Kier alpha value is -0.340. The van der Waals surface area contributed by atoms with E-state index in [-0.39, 0.29) is 0 Å². The lowest BCUT2D eigenvalue weighted by Crippen LogP contribution is -2.22. The van der Waals surface area contributed by atoms with E-state index in [1.54, 1.807) is 0 Å². The van der Waals surface area contributed by atoms with Gasteiger partial charge in [0.05, 0.1) is 0 Å². The SMILES string of the molecule is CNCC(Cc1cccc(Br)c1)CC(C)C. The van der Waals surface area contributed by atoms with Crippen LogP contribution in [-0.2, 0) is 6.42 Å². The fourth-order valence-electron chi connectivity index (χ4n) is 2.19. The molecule has 0 radical (unpaired) electrons. The molecule has 1 nitrogen and oxygen atoms in total. The molecule has 0 spiro atoms. The zero-order valence-corrected chi connectivity index (χ0v) is 12.0. The first kappa shape index (κ1) is 13.7. The molecule has 1 aromatic carbocycles. The van der Waals surface area contributed by atoms with Gasteiger partial charge in [0, 0.05) is 4.47 Å². The minimum atomic E-state index is 0.735. The van der Waals surface area contributed by atoms with Crippen LogP contribution < -0.4 is 5.32 Å². The average molecular weight is 284 g/mol. The molecule has 0 aliphatic carbocycles. The average Bonchev–Trinajstić information content (AvgIpc) is 2.16. The summed E-state index contributed by atoms with van der Waals surface area (Å²) in [6.45, 7) is 5.69. The van der Waals surface area contributed by atoms with Gasteiger partial charge in [-0.05, 0) is 56.0 Å². The van der Waals surface area contributed by atoms with Crippen LogP contribution in [0.25, 0.3) is 0 Å². The maximum atomic E-state index is 3.53. The molecule has 0 saturated heterocycles. The molecular weight excluding hydrogens is 262 g/mol. The van der Waals surface area contributed by atoms with Crippen molar-refractivity contribution in [2.75, 3.05) is 13.6 Å². The standard InChI is InChI=1S/C14H22BrN/c1-11(2)7-13(10-16-3)8-12-5-4-6-14(15)9-12/h4-6,9,11,13,16H,7-8,10H2,1-3H3. The van der Waals surface area contributed by atoms with E-state index < -0.39 is 0 Å². The Morgan fingerprint density at radius 2 is 2.06 bits per heavy atom. The summed E-state index contributed by atoms with van der Waals surface area (Å²) in [6.07, 6.45) is 2.45. The van der Waals surface area contributed by atoms with Crippen molar-refractivity contribution < 1.29 is 0 Å². The first-order valence-electron chi connectivity index (χ1n) is 6.01. The quantitative estimate of drug-likeness (QED) is 0.836. The Kier molecular flexibility index (Phi) is 6.07. The lowest BCUT2D eigenvalue weighted by Gasteiger charge is -2.18. The third-order valence-electron chi connectivity index (χ3n) is 2.71. The molecule has 1 unspecified atom stereocenters. The third kappa shape index (κ3) is 5.13. The van der Waals surface area contributed by atoms with Crippen molar-refractivity contribution in [3.05, 3.63) is 34.3 Å². The molecule has 0 heterocycles. The maximum Gasteiger partial charge on any atom is 0.0177 e. The number of nitrogens with one attached hydrogen (secondary N) is 1. The van der Waals surface area contributed by atoms with Gasteiger partial charge in [-0.25, -0.2) is 0 Å². The Bertz CT molecular complexity index is 309. The third-order valence-corrected chi connectivity index (χ3v) is 3.20. The lowest BCUT2D eigenvalue weighted by molar-refractivity contribution is 0.395. The molecule has 0 aromatic heterocycles. The summed E-state index contributed by atoms with van der Waals surface area (Å²) in [5.41, 5.74) is 1.43. The number of hydrogen-bond donors (Lipinski definition) is 1. The Labute approximate surface area is 108 Å². The molecule has 0 bridgehead atoms. The molecule has 90 valence electrons. The van der Waals surface area contributed by atoms with E-state index in [0.29, 0.717) is 0 Å². The summed E-state index contributed by atoms with van der Waals surface area (Å²) in [5, 5.41) is 3.30. The van der Waals surface area contributed by atoms with Gasteiger partial charge in [0.1, 0.15) is 0 Å². The van der Waals surface area contributed by atoms with Crippen molar-refractivity contribution in [2.45, 2.75) is 26.7 Å². The fraction of sp³-hybridized carbons (Fsp3) is 0.571. The predicted molar refractivity (Wildman–Crippen MR) is 74.7 cm³/mol. The number of benzene rings is 1. The second-order valence-electron chi connectivity index (χ2n) is 4.89. The summed E-state index contributed by atoms with van der Waals surface area (Å²) < 4.78 is 1.18. The van der Waals surface area contributed by atoms with E-state index in [4.69, 9.17) is 0 Å². The fourth-order valence-corrected chi connectivity index (χ4v) is 2.64. The normalized spacial score (nSPS) is 13.1. The van der Waals surface area contributed by atoms with Crippen LogP contribution in [0.15, 0.2) is 28.7 Å². The van der Waals surface area contributed by atoms with Gasteiger partial charge in [0.2, 0.25) is 0 Å². The monoisotopic (exact) mass is 283 g/mol. The first-order valence-corrected chi connectivity index (χ1v) is 6.80. The molecule has 1 atom stereocenters. The van der Waals surface area contributed by atoms with Crippen molar-refractivity contribution in [3.63, 3.8) is 0 Å². The predicted octanol–water partition coefficient (Wildman–Crippen LogP) is 3.87. The molecule has 0 amide bonds. The van der Waals surface area contributed by atoms with Crippen LogP contribution in [0.3, 0.4) is 0 Å². The molecule has 2 heteroatoms. The van der Waals surface area contributed by atoms with Crippen molar-refractivity contribution in [3.8, 4) is 0 Å². The van der Waals surface area contributed by atoms with E-state index in [2.05, 4.69) is 59.4 Å². The summed E-state index contributed by atoms with van der Waals surface area (Å²) in [4.78, 5) is 0. The smallest absolute Gasteiger partial charge is 0.0177 e. The van der Waals surface area contributed by atoms with E-state index >= 15 is 0 Å². The highest BCUT2D eigenvalue weighted by molar-refractivity contribution is 9.10. The van der Waals surface area contributed by atoms with Crippen LogP contribution >= 0.6 is 15.9 Å². The van der Waals surface area contributed by atoms with Gasteiger partial charge >= 0.3 is 0 Å². The van der Waals surface area contributed by atoms with Gasteiger partial charge in [-0.2, -0.15) is 0 Å². The molecule has 16 heavy (non-hydrogen) atoms. The van der Waals surface area contributed by atoms with Crippen LogP contribution in [0.2, 0.25) is 0 Å². The number of rotatable bonds is 6. The van der Waals surface area contributed by atoms with Crippen LogP contribution in [0, 0.1) is 11.8 Å². The molecular formula is C14H22BrN. The highest BCUT2D eigenvalue weighted by Crippen LogP contribution is 2.19. The Balaban J connectivity index is 2.60. The van der Waals surface area contributed by atoms with Gasteiger partial charge in [0.15, 0.2) is 0 Å². The van der Waals surface area contributed by atoms with Crippen LogP contribution in [0.5, 0.6) is 0 Å². The van der Waals surface area contributed by atoms with Gasteiger partial charge in [-0.1, -0.05) is 41.9 Å². The zero-order chi connectivity index (χ0) is 12.0. The molecule has 1 rings (SSSR count). The van der Waals surface area contributed by atoms with E-state index in [9.17, 15) is 0 Å². The van der Waals surface area contributed by atoms with Gasteiger partial charge in [0.25, 0.3) is 0 Å². The first-order chi connectivity index (χ1) is 7.61. The van der Waals surface area contributed by atoms with Crippen LogP contribution in [0.1, 0.15) is 25.8 Å². The molecule has 0 fully saturated rings. The minimum absolute atomic E-state index is 0.735. The topological polar surface area (TPSA) is 12.0 Å². The van der Waals surface area contributed by atoms with Crippen molar-refractivity contribution in [2.24, 2.45) is 11.8 Å². The summed E-state index contributed by atoms with van der Waals surface area (Å²) in [5.74, 6) is 1.50. The second-order valence-corrected chi connectivity index (χ2v) is 5.80. The Morgan fingerprint density at radius 1 is 1.31 bits per heavy atom. The van der Waals surface area contributed by atoms with Gasteiger partial charge < -0.3 is 5.32 Å². The van der Waals surface area contributed by atoms with Crippen molar-refractivity contribution >= 4 is 15.9 Å². The summed E-state index contributed by atoms with van der Waals surface area (Å²) >= 11 is 3.53. The number of halogens is 1. The highest BCUT2D eigenvalue weighted by atomic mass is 79.9. The molecule has 0 saturated carbocycles. The molecule has 1 aromatic rings. The largest absolute Gasteiger partial charge is 0.319 e. The Morgan fingerprint density at radius 3 is 2.62 bits per heavy atom. The molecule has 0 aliphatic rings. The lowest BCUT2D eigenvalue weighted by atomic mass is 9.91. The van der Waals surface area contributed by atoms with E-state index in [1.165, 1.54) is 22.9 Å². The summed E-state index contributed by atoms with van der Waals surface area (Å²) in [7, 11) is 2.04. The second kappa shape index (κ2) is 7.08. The van der Waals surface area contributed by atoms with Crippen molar-refractivity contribution in [1.82, 2.24) is 5.32 Å². The van der Waals surface area contributed by atoms with Crippen molar-refractivity contribution in [1.29, 1.82) is 0 Å². The molecule has 0 aliphatic heterocycles.